The monoisotopic (exact) mass is 626 g/mol. The first-order valence-electron chi connectivity index (χ1n) is 17.7. The molecule has 7 aromatic rings. The van der Waals surface area contributed by atoms with Gasteiger partial charge in [-0.05, 0) is 130 Å². The molecule has 0 saturated carbocycles. The molecule has 3 aliphatic rings. The summed E-state index contributed by atoms with van der Waals surface area (Å²) in [7, 11) is 0. The molecule has 0 heterocycles. The highest BCUT2D eigenvalue weighted by Crippen LogP contribution is 2.52. The van der Waals surface area contributed by atoms with Crippen LogP contribution in [0.4, 0.5) is 0 Å². The molecule has 0 aliphatic heterocycles. The third-order valence-electron chi connectivity index (χ3n) is 11.9. The number of fused-ring (bicyclic) bond motifs is 11. The Morgan fingerprint density at radius 2 is 1.02 bits per heavy atom. The number of rotatable bonds is 2. The van der Waals surface area contributed by atoms with Crippen molar-refractivity contribution in [3.8, 4) is 33.4 Å². The summed E-state index contributed by atoms with van der Waals surface area (Å²) in [5, 5.41) is 5.25. The van der Waals surface area contributed by atoms with Gasteiger partial charge in [0, 0.05) is 10.8 Å². The maximum atomic E-state index is 2.48. The number of hydrogen-bond acceptors (Lipinski definition) is 0. The van der Waals surface area contributed by atoms with Crippen LogP contribution >= 0.6 is 0 Å². The van der Waals surface area contributed by atoms with Crippen molar-refractivity contribution in [3.05, 3.63) is 172 Å². The maximum Gasteiger partial charge on any atom is 0.0159 e. The van der Waals surface area contributed by atoms with Crippen LogP contribution in [0.5, 0.6) is 0 Å². The van der Waals surface area contributed by atoms with Crippen molar-refractivity contribution in [2.75, 3.05) is 0 Å². The highest BCUT2D eigenvalue weighted by molar-refractivity contribution is 6.12. The van der Waals surface area contributed by atoms with Crippen molar-refractivity contribution in [2.24, 2.45) is 0 Å². The Kier molecular flexibility index (Phi) is 5.84. The Balaban J connectivity index is 1.04. The van der Waals surface area contributed by atoms with Crippen LogP contribution in [-0.2, 0) is 10.8 Å². The van der Waals surface area contributed by atoms with Crippen molar-refractivity contribution in [1.82, 2.24) is 0 Å². The van der Waals surface area contributed by atoms with Crippen LogP contribution in [-0.4, -0.2) is 0 Å². The molecule has 10 rings (SSSR count). The van der Waals surface area contributed by atoms with E-state index in [-0.39, 0.29) is 10.8 Å². The van der Waals surface area contributed by atoms with Gasteiger partial charge in [-0.1, -0.05) is 149 Å². The molecule has 0 atom stereocenters. The third kappa shape index (κ3) is 4.04. The fourth-order valence-corrected chi connectivity index (χ4v) is 9.18. The molecule has 0 N–H and O–H groups in total. The second-order valence-electron chi connectivity index (χ2n) is 15.3. The van der Waals surface area contributed by atoms with Gasteiger partial charge in [0.1, 0.15) is 0 Å². The molecule has 0 nitrogen and oxygen atoms in total. The van der Waals surface area contributed by atoms with Crippen LogP contribution < -0.4 is 0 Å². The molecule has 0 aromatic heterocycles. The van der Waals surface area contributed by atoms with Crippen molar-refractivity contribution < 1.29 is 0 Å². The lowest BCUT2D eigenvalue weighted by molar-refractivity contribution is 0.659. The lowest BCUT2D eigenvalue weighted by Gasteiger charge is -2.23. The second kappa shape index (κ2) is 10.0. The third-order valence-corrected chi connectivity index (χ3v) is 11.9. The van der Waals surface area contributed by atoms with Crippen molar-refractivity contribution in [3.63, 3.8) is 0 Å². The first-order chi connectivity index (χ1) is 23.8. The highest BCUT2D eigenvalue weighted by Gasteiger charge is 2.37. The van der Waals surface area contributed by atoms with Gasteiger partial charge in [0.05, 0.1) is 0 Å². The molecule has 0 fully saturated rings. The van der Waals surface area contributed by atoms with E-state index in [0.29, 0.717) is 0 Å². The van der Waals surface area contributed by atoms with Gasteiger partial charge in [0.2, 0.25) is 0 Å². The SMILES string of the molecule is CC1(C)c2ccccc2-c2ccc(-c3ccc4c(c3)C(C)(C)c3cc(C5=Cc6c(ccc7c6ccc6ccccc67)C=CC5)ccc3-4)cc21. The van der Waals surface area contributed by atoms with Crippen molar-refractivity contribution >= 4 is 39.3 Å². The Morgan fingerprint density at radius 3 is 1.76 bits per heavy atom. The summed E-state index contributed by atoms with van der Waals surface area (Å²) in [6.45, 7) is 9.54. The average Bonchev–Trinajstić information content (AvgIpc) is 3.35. The largest absolute Gasteiger partial charge is 0.0795 e. The van der Waals surface area contributed by atoms with Gasteiger partial charge in [0.15, 0.2) is 0 Å². The van der Waals surface area contributed by atoms with Gasteiger partial charge >= 0.3 is 0 Å². The van der Waals surface area contributed by atoms with Gasteiger partial charge in [-0.3, -0.25) is 0 Å². The standard InChI is InChI=1S/C49H38/c1-48(2)44-15-8-7-14-39(44)40-23-19-34(28-45(40)48)35-20-25-42-41-24-18-33(27-46(41)49(3,4)47(42)29-35)32-12-9-11-31-17-21-37-36-13-6-5-10-30(36)16-22-38(37)43(31)26-32/h5-11,13-29H,12H2,1-4H3. The maximum absolute atomic E-state index is 2.48. The van der Waals surface area contributed by atoms with E-state index < -0.39 is 0 Å². The van der Waals surface area contributed by atoms with E-state index in [1.807, 2.05) is 0 Å². The Bertz CT molecular complexity index is 2620. The lowest BCUT2D eigenvalue weighted by atomic mass is 9.80. The first-order valence-corrected chi connectivity index (χ1v) is 17.7. The van der Waals surface area contributed by atoms with E-state index in [4.69, 9.17) is 0 Å². The topological polar surface area (TPSA) is 0 Å². The molecule has 49 heavy (non-hydrogen) atoms. The molecule has 0 saturated heterocycles. The Morgan fingerprint density at radius 1 is 0.449 bits per heavy atom. The van der Waals surface area contributed by atoms with E-state index in [9.17, 15) is 0 Å². The van der Waals surface area contributed by atoms with Gasteiger partial charge in [-0.25, -0.2) is 0 Å². The minimum absolute atomic E-state index is 0.00691. The van der Waals surface area contributed by atoms with Crippen LogP contribution in [0.3, 0.4) is 0 Å². The number of benzene rings is 7. The van der Waals surface area contributed by atoms with Gasteiger partial charge in [0.25, 0.3) is 0 Å². The smallest absolute Gasteiger partial charge is 0.0159 e. The molecule has 0 unspecified atom stereocenters. The molecule has 0 spiro atoms. The predicted molar refractivity (Wildman–Crippen MR) is 210 cm³/mol. The van der Waals surface area contributed by atoms with Crippen molar-refractivity contribution in [2.45, 2.75) is 44.9 Å². The van der Waals surface area contributed by atoms with Crippen LogP contribution in [0.2, 0.25) is 0 Å². The molecule has 234 valence electrons. The van der Waals surface area contributed by atoms with Gasteiger partial charge < -0.3 is 0 Å². The fraction of sp³-hybridized carbons (Fsp3) is 0.143. The zero-order valence-electron chi connectivity index (χ0n) is 28.6. The highest BCUT2D eigenvalue weighted by atomic mass is 14.4. The summed E-state index contributed by atoms with van der Waals surface area (Å²) in [5.41, 5.74) is 18.9. The summed E-state index contributed by atoms with van der Waals surface area (Å²) in [4.78, 5) is 0. The normalized spacial score (nSPS) is 16.0. The fourth-order valence-electron chi connectivity index (χ4n) is 9.18. The summed E-state index contributed by atoms with van der Waals surface area (Å²) < 4.78 is 0. The first kappa shape index (κ1) is 28.5. The molecule has 3 aliphatic carbocycles. The van der Waals surface area contributed by atoms with E-state index in [0.717, 1.165) is 6.42 Å². The second-order valence-corrected chi connectivity index (χ2v) is 15.3. The lowest BCUT2D eigenvalue weighted by Crippen LogP contribution is -2.15. The van der Waals surface area contributed by atoms with Gasteiger partial charge in [-0.15, -0.1) is 0 Å². The molecule has 0 bridgehead atoms. The van der Waals surface area contributed by atoms with Gasteiger partial charge in [-0.2, -0.15) is 0 Å². The summed E-state index contributed by atoms with van der Waals surface area (Å²) in [6.07, 6.45) is 8.01. The van der Waals surface area contributed by atoms with Crippen LogP contribution in [0.1, 0.15) is 73.1 Å². The number of allylic oxidation sites excluding steroid dienone is 2. The van der Waals surface area contributed by atoms with E-state index in [1.165, 1.54) is 99.4 Å². The summed E-state index contributed by atoms with van der Waals surface area (Å²) in [6, 6.07) is 48.3. The molecule has 0 amide bonds. The average molecular weight is 627 g/mol. The minimum Gasteiger partial charge on any atom is -0.0795 e. The Hall–Kier alpha value is -5.46. The predicted octanol–water partition coefficient (Wildman–Crippen LogP) is 13.2. The van der Waals surface area contributed by atoms with E-state index in [2.05, 4.69) is 173 Å². The zero-order valence-corrected chi connectivity index (χ0v) is 28.6. The Labute approximate surface area is 289 Å². The van der Waals surface area contributed by atoms with Crippen molar-refractivity contribution in [1.29, 1.82) is 0 Å². The molecular formula is C49H38. The van der Waals surface area contributed by atoms with E-state index >= 15 is 0 Å². The summed E-state index contributed by atoms with van der Waals surface area (Å²) in [5.74, 6) is 0. The van der Waals surface area contributed by atoms with E-state index in [1.54, 1.807) is 0 Å². The minimum atomic E-state index is -0.104. The van der Waals surface area contributed by atoms with Crippen LogP contribution in [0, 0.1) is 0 Å². The van der Waals surface area contributed by atoms with Crippen LogP contribution in [0.15, 0.2) is 133 Å². The molecule has 7 aromatic carbocycles. The number of hydrogen-bond donors (Lipinski definition) is 0. The molecule has 0 heteroatoms. The summed E-state index contributed by atoms with van der Waals surface area (Å²) >= 11 is 0. The van der Waals surface area contributed by atoms with Crippen LogP contribution in [0.25, 0.3) is 72.7 Å². The zero-order chi connectivity index (χ0) is 33.1. The quantitative estimate of drug-likeness (QED) is 0.168. The molecule has 0 radical (unpaired) electrons. The molecular weight excluding hydrogens is 589 g/mol.